The summed E-state index contributed by atoms with van der Waals surface area (Å²) < 4.78 is 31.6. The van der Waals surface area contributed by atoms with Crippen LogP contribution in [0.15, 0.2) is 0 Å². The third-order valence-electron chi connectivity index (χ3n) is 3.50. The minimum Gasteiger partial charge on any atom is -0.379 e. The van der Waals surface area contributed by atoms with Gasteiger partial charge in [0.05, 0.1) is 19.0 Å². The summed E-state index contributed by atoms with van der Waals surface area (Å²) >= 11 is 0. The van der Waals surface area contributed by atoms with Crippen molar-refractivity contribution in [2.75, 3.05) is 59.2 Å². The first kappa shape index (κ1) is 17.8. The summed E-state index contributed by atoms with van der Waals surface area (Å²) in [5, 5.41) is 3.29. The fourth-order valence-corrected chi connectivity index (χ4v) is 3.37. The molecule has 0 atom stereocenters. The standard InChI is InChI=1S/C13H29N3O3S/c1-16(2)9-11-19-10-8-15-20(17,18)12-5-13-3-6-14-7-4-13/h13-15H,3-12H2,1-2H3. The molecule has 0 radical (unpaired) electrons. The van der Waals surface area contributed by atoms with E-state index in [1.807, 2.05) is 19.0 Å². The lowest BCUT2D eigenvalue weighted by Gasteiger charge is -2.22. The zero-order chi connectivity index (χ0) is 14.8. The molecule has 1 saturated heterocycles. The zero-order valence-corrected chi connectivity index (χ0v) is 13.5. The number of hydrogen-bond acceptors (Lipinski definition) is 5. The molecule has 0 aromatic carbocycles. The maximum Gasteiger partial charge on any atom is 0.211 e. The Morgan fingerprint density at radius 2 is 1.95 bits per heavy atom. The lowest BCUT2D eigenvalue weighted by Crippen LogP contribution is -2.33. The molecule has 2 N–H and O–H groups in total. The second-order valence-electron chi connectivity index (χ2n) is 5.61. The van der Waals surface area contributed by atoms with Gasteiger partial charge in [-0.1, -0.05) is 0 Å². The average Bonchev–Trinajstić information content (AvgIpc) is 2.41. The molecule has 0 aromatic heterocycles. The van der Waals surface area contributed by atoms with Crippen molar-refractivity contribution in [3.8, 4) is 0 Å². The van der Waals surface area contributed by atoms with E-state index in [4.69, 9.17) is 4.74 Å². The molecule has 0 amide bonds. The topological polar surface area (TPSA) is 70.7 Å². The van der Waals surface area contributed by atoms with E-state index in [1.54, 1.807) is 0 Å². The fraction of sp³-hybridized carbons (Fsp3) is 1.00. The molecule has 1 rings (SSSR count). The fourth-order valence-electron chi connectivity index (χ4n) is 2.18. The molecule has 1 fully saturated rings. The summed E-state index contributed by atoms with van der Waals surface area (Å²) in [6, 6.07) is 0. The van der Waals surface area contributed by atoms with Crippen LogP contribution in [0.2, 0.25) is 0 Å². The second-order valence-corrected chi connectivity index (χ2v) is 7.54. The van der Waals surface area contributed by atoms with E-state index in [0.717, 1.165) is 38.9 Å². The first-order valence-electron chi connectivity index (χ1n) is 7.40. The van der Waals surface area contributed by atoms with Gasteiger partial charge < -0.3 is 15.0 Å². The van der Waals surface area contributed by atoms with Gasteiger partial charge in [-0.2, -0.15) is 0 Å². The number of nitrogens with zero attached hydrogens (tertiary/aromatic N) is 1. The molecule has 0 aromatic rings. The molecule has 7 heteroatoms. The summed E-state index contributed by atoms with van der Waals surface area (Å²) in [4.78, 5) is 2.03. The molecule has 6 nitrogen and oxygen atoms in total. The smallest absolute Gasteiger partial charge is 0.211 e. The quantitative estimate of drug-likeness (QED) is 0.550. The number of ether oxygens (including phenoxy) is 1. The maximum absolute atomic E-state index is 11.8. The molecule has 0 spiro atoms. The van der Waals surface area contributed by atoms with E-state index in [1.165, 1.54) is 0 Å². The highest BCUT2D eigenvalue weighted by Gasteiger charge is 2.17. The van der Waals surface area contributed by atoms with Crippen LogP contribution in [0.4, 0.5) is 0 Å². The van der Waals surface area contributed by atoms with E-state index in [-0.39, 0.29) is 5.75 Å². The summed E-state index contributed by atoms with van der Waals surface area (Å²) in [5.74, 6) is 0.777. The van der Waals surface area contributed by atoms with Crippen LogP contribution in [0.1, 0.15) is 19.3 Å². The van der Waals surface area contributed by atoms with Crippen molar-refractivity contribution in [1.82, 2.24) is 14.9 Å². The third-order valence-corrected chi connectivity index (χ3v) is 4.92. The van der Waals surface area contributed by atoms with Crippen LogP contribution in [0.3, 0.4) is 0 Å². The zero-order valence-electron chi connectivity index (χ0n) is 12.7. The van der Waals surface area contributed by atoms with Crippen molar-refractivity contribution in [3.05, 3.63) is 0 Å². The number of hydrogen-bond donors (Lipinski definition) is 2. The summed E-state index contributed by atoms with van der Waals surface area (Å²) in [5.41, 5.74) is 0. The monoisotopic (exact) mass is 307 g/mol. The van der Waals surface area contributed by atoms with Crippen molar-refractivity contribution in [2.45, 2.75) is 19.3 Å². The van der Waals surface area contributed by atoms with Crippen LogP contribution in [-0.4, -0.2) is 72.6 Å². The first-order valence-corrected chi connectivity index (χ1v) is 9.05. The van der Waals surface area contributed by atoms with Crippen LogP contribution in [0.5, 0.6) is 0 Å². The molecule has 20 heavy (non-hydrogen) atoms. The Kier molecular flexibility index (Phi) is 8.63. The summed E-state index contributed by atoms with van der Waals surface area (Å²) in [6.45, 7) is 4.30. The first-order chi connectivity index (χ1) is 9.49. The minimum atomic E-state index is -3.15. The van der Waals surface area contributed by atoms with E-state index >= 15 is 0 Å². The Morgan fingerprint density at radius 1 is 1.25 bits per heavy atom. The highest BCUT2D eigenvalue weighted by molar-refractivity contribution is 7.89. The molecule has 120 valence electrons. The Hall–Kier alpha value is -0.210. The Bertz CT molecular complexity index is 341. The van der Waals surface area contributed by atoms with Gasteiger partial charge in [0.25, 0.3) is 0 Å². The van der Waals surface area contributed by atoms with Gasteiger partial charge in [-0.15, -0.1) is 0 Å². The Morgan fingerprint density at radius 3 is 2.60 bits per heavy atom. The van der Waals surface area contributed by atoms with Gasteiger partial charge >= 0.3 is 0 Å². The van der Waals surface area contributed by atoms with Crippen LogP contribution in [0.25, 0.3) is 0 Å². The maximum atomic E-state index is 11.8. The molecule has 0 aliphatic carbocycles. The predicted molar refractivity (Wildman–Crippen MR) is 81.4 cm³/mol. The third kappa shape index (κ3) is 8.86. The number of sulfonamides is 1. The SMILES string of the molecule is CN(C)CCOCCNS(=O)(=O)CCC1CCNCC1. The van der Waals surface area contributed by atoms with E-state index in [2.05, 4.69) is 10.0 Å². The largest absolute Gasteiger partial charge is 0.379 e. The lowest BCUT2D eigenvalue weighted by molar-refractivity contribution is 0.122. The van der Waals surface area contributed by atoms with Gasteiger partial charge in [-0.05, 0) is 52.4 Å². The van der Waals surface area contributed by atoms with Gasteiger partial charge in [0.1, 0.15) is 0 Å². The number of nitrogens with one attached hydrogen (secondary N) is 2. The Balaban J connectivity index is 2.05. The minimum absolute atomic E-state index is 0.232. The van der Waals surface area contributed by atoms with Crippen LogP contribution in [-0.2, 0) is 14.8 Å². The molecule has 0 bridgehead atoms. The molecule has 1 aliphatic rings. The van der Waals surface area contributed by atoms with E-state index in [9.17, 15) is 8.42 Å². The number of rotatable bonds is 10. The average molecular weight is 307 g/mol. The van der Waals surface area contributed by atoms with Gasteiger partial charge in [0.15, 0.2) is 0 Å². The number of piperidine rings is 1. The van der Waals surface area contributed by atoms with Crippen molar-refractivity contribution >= 4 is 10.0 Å². The highest BCUT2D eigenvalue weighted by Crippen LogP contribution is 2.16. The number of likely N-dealkylation sites (N-methyl/N-ethyl adjacent to an activating group) is 1. The lowest BCUT2D eigenvalue weighted by atomic mass is 9.96. The normalized spacial score (nSPS) is 17.8. The summed E-state index contributed by atoms with van der Waals surface area (Å²) in [7, 11) is 0.813. The Labute approximate surface area is 123 Å². The van der Waals surface area contributed by atoms with E-state index in [0.29, 0.717) is 25.7 Å². The molecule has 0 unspecified atom stereocenters. The molecule has 0 saturated carbocycles. The molecular weight excluding hydrogens is 278 g/mol. The van der Waals surface area contributed by atoms with Gasteiger partial charge in [0.2, 0.25) is 10.0 Å². The molecular formula is C13H29N3O3S. The summed E-state index contributed by atoms with van der Waals surface area (Å²) in [6.07, 6.45) is 2.94. The second kappa shape index (κ2) is 9.68. The van der Waals surface area contributed by atoms with Crippen LogP contribution >= 0.6 is 0 Å². The van der Waals surface area contributed by atoms with Crippen molar-refractivity contribution in [3.63, 3.8) is 0 Å². The van der Waals surface area contributed by atoms with Gasteiger partial charge in [-0.25, -0.2) is 13.1 Å². The van der Waals surface area contributed by atoms with Crippen LogP contribution < -0.4 is 10.0 Å². The van der Waals surface area contributed by atoms with Crippen molar-refractivity contribution in [2.24, 2.45) is 5.92 Å². The molecule has 1 heterocycles. The van der Waals surface area contributed by atoms with Crippen molar-refractivity contribution < 1.29 is 13.2 Å². The van der Waals surface area contributed by atoms with Gasteiger partial charge in [0, 0.05) is 13.1 Å². The van der Waals surface area contributed by atoms with Gasteiger partial charge in [-0.3, -0.25) is 0 Å². The predicted octanol–water partition coefficient (Wildman–Crippen LogP) is -0.126. The van der Waals surface area contributed by atoms with E-state index < -0.39 is 10.0 Å². The van der Waals surface area contributed by atoms with Crippen molar-refractivity contribution in [1.29, 1.82) is 0 Å². The highest BCUT2D eigenvalue weighted by atomic mass is 32.2. The molecule has 1 aliphatic heterocycles. The van der Waals surface area contributed by atoms with Crippen LogP contribution in [0, 0.1) is 5.92 Å².